The molecule has 4 rings (SSSR count). The first-order chi connectivity index (χ1) is 11.7. The summed E-state index contributed by atoms with van der Waals surface area (Å²) in [6.07, 6.45) is 2.45. The highest BCUT2D eigenvalue weighted by Gasteiger charge is 2.10. The minimum atomic E-state index is -0.327. The number of carbonyl (C=O) groups is 1. The summed E-state index contributed by atoms with van der Waals surface area (Å²) in [5.41, 5.74) is 1.91. The van der Waals surface area contributed by atoms with E-state index in [1.807, 2.05) is 28.8 Å². The molecule has 0 aliphatic rings. The van der Waals surface area contributed by atoms with Gasteiger partial charge in [0, 0.05) is 30.1 Å². The van der Waals surface area contributed by atoms with Gasteiger partial charge in [0.1, 0.15) is 17.3 Å². The highest BCUT2D eigenvalue weighted by atomic mass is 19.1. The Morgan fingerprint density at radius 1 is 1.21 bits per heavy atom. The molecule has 3 aromatic heterocycles. The molecule has 120 valence electrons. The molecule has 4 aromatic rings. The van der Waals surface area contributed by atoms with Crippen LogP contribution in [0.2, 0.25) is 0 Å². The van der Waals surface area contributed by atoms with Crippen molar-refractivity contribution in [2.24, 2.45) is 0 Å². The second-order valence-electron chi connectivity index (χ2n) is 5.47. The Balaban J connectivity index is 1.44. The molecule has 0 aliphatic carbocycles. The first-order valence-electron chi connectivity index (χ1n) is 7.56. The van der Waals surface area contributed by atoms with Crippen molar-refractivity contribution in [3.05, 3.63) is 66.0 Å². The molecule has 0 saturated heterocycles. The fraction of sp³-hybridized carbons (Fsp3) is 0.118. The largest absolute Gasteiger partial charge is 0.351 e. The maximum atomic E-state index is 13.2. The first kappa shape index (κ1) is 14.4. The SMILES string of the molecule is O=C(NCCc1nnc2ccccn12)c1cc2cc(F)ccc2[nH]1. The van der Waals surface area contributed by atoms with Crippen LogP contribution in [0.1, 0.15) is 16.3 Å². The van der Waals surface area contributed by atoms with Crippen molar-refractivity contribution in [2.45, 2.75) is 6.42 Å². The van der Waals surface area contributed by atoms with Gasteiger partial charge in [-0.1, -0.05) is 6.07 Å². The molecule has 24 heavy (non-hydrogen) atoms. The number of benzene rings is 1. The molecule has 3 heterocycles. The molecule has 6 nitrogen and oxygen atoms in total. The second-order valence-corrected chi connectivity index (χ2v) is 5.47. The molecule has 0 saturated carbocycles. The number of fused-ring (bicyclic) bond motifs is 2. The number of rotatable bonds is 4. The zero-order valence-electron chi connectivity index (χ0n) is 12.7. The average Bonchev–Trinajstić information content (AvgIpc) is 3.18. The Hall–Kier alpha value is -3.22. The van der Waals surface area contributed by atoms with Gasteiger partial charge in [-0.3, -0.25) is 9.20 Å². The summed E-state index contributed by atoms with van der Waals surface area (Å²) >= 11 is 0. The average molecular weight is 323 g/mol. The number of carbonyl (C=O) groups excluding carboxylic acids is 1. The van der Waals surface area contributed by atoms with E-state index in [2.05, 4.69) is 20.5 Å². The lowest BCUT2D eigenvalue weighted by atomic mass is 10.2. The minimum Gasteiger partial charge on any atom is -0.351 e. The molecule has 0 atom stereocenters. The standard InChI is InChI=1S/C17H14FN5O/c18-12-4-5-13-11(9-12)10-14(20-13)17(24)19-7-6-16-22-21-15-3-1-2-8-23(15)16/h1-5,8-10,20H,6-7H2,(H,19,24). The number of aromatic amines is 1. The van der Waals surface area contributed by atoms with Gasteiger partial charge in [0.15, 0.2) is 5.65 Å². The molecule has 1 aromatic carbocycles. The highest BCUT2D eigenvalue weighted by molar-refractivity contribution is 5.97. The smallest absolute Gasteiger partial charge is 0.267 e. The van der Waals surface area contributed by atoms with Gasteiger partial charge >= 0.3 is 0 Å². The van der Waals surface area contributed by atoms with Crippen molar-refractivity contribution >= 4 is 22.5 Å². The lowest BCUT2D eigenvalue weighted by Gasteiger charge is -2.03. The van der Waals surface area contributed by atoms with Crippen LogP contribution in [0.25, 0.3) is 16.6 Å². The maximum absolute atomic E-state index is 13.2. The summed E-state index contributed by atoms with van der Waals surface area (Å²) < 4.78 is 15.1. The zero-order valence-corrected chi connectivity index (χ0v) is 12.7. The monoisotopic (exact) mass is 323 g/mol. The van der Waals surface area contributed by atoms with Crippen molar-refractivity contribution in [1.29, 1.82) is 0 Å². The molecule has 0 radical (unpaired) electrons. The van der Waals surface area contributed by atoms with E-state index in [0.717, 1.165) is 17.0 Å². The summed E-state index contributed by atoms with van der Waals surface area (Å²) in [5.74, 6) is 0.220. The van der Waals surface area contributed by atoms with Gasteiger partial charge in [-0.05, 0) is 36.4 Å². The number of H-pyrrole nitrogens is 1. The van der Waals surface area contributed by atoms with Gasteiger partial charge < -0.3 is 10.3 Å². The van der Waals surface area contributed by atoms with Crippen molar-refractivity contribution in [3.8, 4) is 0 Å². The number of nitrogens with zero attached hydrogens (tertiary/aromatic N) is 3. The van der Waals surface area contributed by atoms with E-state index in [1.165, 1.54) is 12.1 Å². The Bertz CT molecular complexity index is 1040. The van der Waals surface area contributed by atoms with Crippen LogP contribution in [0, 0.1) is 5.82 Å². The van der Waals surface area contributed by atoms with Crippen molar-refractivity contribution in [2.75, 3.05) is 6.54 Å². The summed E-state index contributed by atoms with van der Waals surface area (Å²) in [6, 6.07) is 11.7. The lowest BCUT2D eigenvalue weighted by molar-refractivity contribution is 0.0950. The van der Waals surface area contributed by atoms with E-state index >= 15 is 0 Å². The summed E-state index contributed by atoms with van der Waals surface area (Å²) in [6.45, 7) is 0.429. The molecular formula is C17H14FN5O. The van der Waals surface area contributed by atoms with E-state index in [4.69, 9.17) is 0 Å². The quantitative estimate of drug-likeness (QED) is 0.605. The van der Waals surface area contributed by atoms with Crippen molar-refractivity contribution in [3.63, 3.8) is 0 Å². The van der Waals surface area contributed by atoms with Gasteiger partial charge in [0.25, 0.3) is 5.91 Å². The molecular weight excluding hydrogens is 309 g/mol. The van der Waals surface area contributed by atoms with Crippen LogP contribution in [-0.2, 0) is 6.42 Å². The van der Waals surface area contributed by atoms with Crippen LogP contribution in [0.4, 0.5) is 4.39 Å². The normalized spacial score (nSPS) is 11.2. The molecule has 0 aliphatic heterocycles. The molecule has 0 spiro atoms. The Labute approximate surface area is 136 Å². The Kier molecular flexibility index (Phi) is 3.45. The minimum absolute atomic E-state index is 0.236. The highest BCUT2D eigenvalue weighted by Crippen LogP contribution is 2.16. The number of hydrogen-bond acceptors (Lipinski definition) is 3. The van der Waals surface area contributed by atoms with E-state index in [1.54, 1.807) is 12.1 Å². The number of aromatic nitrogens is 4. The van der Waals surface area contributed by atoms with E-state index in [9.17, 15) is 9.18 Å². The molecule has 0 bridgehead atoms. The zero-order chi connectivity index (χ0) is 16.5. The van der Waals surface area contributed by atoms with Crippen molar-refractivity contribution < 1.29 is 9.18 Å². The number of nitrogens with one attached hydrogen (secondary N) is 2. The summed E-state index contributed by atoms with van der Waals surface area (Å²) in [4.78, 5) is 15.2. The van der Waals surface area contributed by atoms with Crippen LogP contribution in [0.15, 0.2) is 48.7 Å². The molecule has 0 unspecified atom stereocenters. The molecule has 1 amide bonds. The third kappa shape index (κ3) is 2.60. The predicted octanol–water partition coefficient (Wildman–Crippen LogP) is 2.32. The van der Waals surface area contributed by atoms with Crippen LogP contribution in [-0.4, -0.2) is 32.0 Å². The van der Waals surface area contributed by atoms with Gasteiger partial charge in [-0.2, -0.15) is 0 Å². The summed E-state index contributed by atoms with van der Waals surface area (Å²) in [7, 11) is 0. The topological polar surface area (TPSA) is 75.1 Å². The van der Waals surface area contributed by atoms with Crippen LogP contribution in [0.3, 0.4) is 0 Å². The molecule has 7 heteroatoms. The maximum Gasteiger partial charge on any atom is 0.267 e. The van der Waals surface area contributed by atoms with Gasteiger partial charge in [-0.25, -0.2) is 4.39 Å². The number of amides is 1. The number of hydrogen-bond donors (Lipinski definition) is 2. The van der Waals surface area contributed by atoms with Gasteiger partial charge in [0.05, 0.1) is 0 Å². The Morgan fingerprint density at radius 3 is 3.04 bits per heavy atom. The van der Waals surface area contributed by atoms with Crippen LogP contribution >= 0.6 is 0 Å². The fourth-order valence-corrected chi connectivity index (χ4v) is 2.67. The van der Waals surface area contributed by atoms with E-state index < -0.39 is 0 Å². The van der Waals surface area contributed by atoms with Gasteiger partial charge in [0.2, 0.25) is 0 Å². The molecule has 0 fully saturated rings. The fourth-order valence-electron chi connectivity index (χ4n) is 2.67. The van der Waals surface area contributed by atoms with Crippen LogP contribution in [0.5, 0.6) is 0 Å². The third-order valence-corrected chi connectivity index (χ3v) is 3.85. The van der Waals surface area contributed by atoms with Crippen molar-refractivity contribution in [1.82, 2.24) is 24.9 Å². The molecule has 2 N–H and O–H groups in total. The van der Waals surface area contributed by atoms with E-state index in [-0.39, 0.29) is 11.7 Å². The van der Waals surface area contributed by atoms with Gasteiger partial charge in [-0.15, -0.1) is 10.2 Å². The number of pyridine rings is 1. The predicted molar refractivity (Wildman–Crippen MR) is 87.3 cm³/mol. The van der Waals surface area contributed by atoms with Crippen LogP contribution < -0.4 is 5.32 Å². The Morgan fingerprint density at radius 2 is 2.12 bits per heavy atom. The van der Waals surface area contributed by atoms with E-state index in [0.29, 0.717) is 24.0 Å². The lowest BCUT2D eigenvalue weighted by Crippen LogP contribution is -2.26. The number of halogens is 1. The first-order valence-corrected chi connectivity index (χ1v) is 7.56. The summed E-state index contributed by atoms with van der Waals surface area (Å²) in [5, 5.41) is 11.7. The third-order valence-electron chi connectivity index (χ3n) is 3.85. The second kappa shape index (κ2) is 5.77.